The minimum atomic E-state index is -0.508. The summed E-state index contributed by atoms with van der Waals surface area (Å²) in [5.74, 6) is -0.439. The van der Waals surface area contributed by atoms with Crippen LogP contribution in [0.5, 0.6) is 0 Å². The van der Waals surface area contributed by atoms with E-state index >= 15 is 0 Å². The van der Waals surface area contributed by atoms with Crippen LogP contribution in [0.3, 0.4) is 0 Å². The number of nitrogens with zero attached hydrogens (tertiary/aromatic N) is 1. The molecule has 0 unspecified atom stereocenters. The number of piperidine rings is 1. The van der Waals surface area contributed by atoms with Crippen molar-refractivity contribution < 1.29 is 18.7 Å². The molecule has 1 fully saturated rings. The topological polar surface area (TPSA) is 58.6 Å². The van der Waals surface area contributed by atoms with Gasteiger partial charge in [-0.3, -0.25) is 4.79 Å². The number of rotatable bonds is 3. The molecule has 1 aromatic rings. The van der Waals surface area contributed by atoms with Gasteiger partial charge in [0.1, 0.15) is 11.4 Å². The van der Waals surface area contributed by atoms with Gasteiger partial charge in [0, 0.05) is 19.5 Å². The summed E-state index contributed by atoms with van der Waals surface area (Å²) in [6, 6.07) is 4.64. The van der Waals surface area contributed by atoms with Gasteiger partial charge in [-0.05, 0) is 64.2 Å². The molecular weight excluding hydrogens is 323 g/mol. The van der Waals surface area contributed by atoms with Gasteiger partial charge >= 0.3 is 6.09 Å². The summed E-state index contributed by atoms with van der Waals surface area (Å²) >= 11 is 0. The lowest BCUT2D eigenvalue weighted by atomic mass is 9.93. The highest BCUT2D eigenvalue weighted by molar-refractivity contribution is 5.91. The number of likely N-dealkylation sites (tertiary alicyclic amines) is 1. The number of anilines is 1. The summed E-state index contributed by atoms with van der Waals surface area (Å²) in [7, 11) is 0. The lowest BCUT2D eigenvalue weighted by molar-refractivity contribution is -0.117. The van der Waals surface area contributed by atoms with E-state index in [1.54, 1.807) is 17.0 Å². The second kappa shape index (κ2) is 7.85. The minimum absolute atomic E-state index is 0.187. The number of hydrogen-bond donors (Lipinski definition) is 1. The number of amides is 2. The van der Waals surface area contributed by atoms with Gasteiger partial charge in [-0.2, -0.15) is 0 Å². The molecule has 1 aliphatic rings. The van der Waals surface area contributed by atoms with E-state index in [2.05, 4.69) is 5.32 Å². The van der Waals surface area contributed by atoms with Gasteiger partial charge in [-0.1, -0.05) is 6.07 Å². The number of carbonyl (C=O) groups excluding carboxylic acids is 2. The second-order valence-corrected chi connectivity index (χ2v) is 7.65. The first-order chi connectivity index (χ1) is 11.6. The van der Waals surface area contributed by atoms with Crippen molar-refractivity contribution in [3.63, 3.8) is 0 Å². The van der Waals surface area contributed by atoms with E-state index in [9.17, 15) is 14.0 Å². The fraction of sp³-hybridized carbons (Fsp3) is 0.579. The first kappa shape index (κ1) is 19.2. The predicted molar refractivity (Wildman–Crippen MR) is 94.9 cm³/mol. The molecule has 0 aliphatic carbocycles. The van der Waals surface area contributed by atoms with E-state index in [-0.39, 0.29) is 23.6 Å². The van der Waals surface area contributed by atoms with Gasteiger partial charge in [0.25, 0.3) is 0 Å². The van der Waals surface area contributed by atoms with Crippen molar-refractivity contribution in [1.29, 1.82) is 0 Å². The standard InChI is InChI=1S/C19H27FN2O3/c1-13-5-6-15(20)16(11-13)21-17(23)12-14-7-9-22(10-8-14)18(24)25-19(2,3)4/h5-6,11,14H,7-10,12H2,1-4H3,(H,21,23). The van der Waals surface area contributed by atoms with Crippen LogP contribution in [-0.4, -0.2) is 35.6 Å². The Morgan fingerprint density at radius 2 is 1.92 bits per heavy atom. The molecular formula is C19H27FN2O3. The van der Waals surface area contributed by atoms with Crippen LogP contribution in [0.1, 0.15) is 45.6 Å². The van der Waals surface area contributed by atoms with E-state index < -0.39 is 11.4 Å². The smallest absolute Gasteiger partial charge is 0.410 e. The Morgan fingerprint density at radius 3 is 2.52 bits per heavy atom. The third-order valence-corrected chi connectivity index (χ3v) is 4.14. The van der Waals surface area contributed by atoms with Gasteiger partial charge in [0.2, 0.25) is 5.91 Å². The van der Waals surface area contributed by atoms with Crippen LogP contribution < -0.4 is 5.32 Å². The Morgan fingerprint density at radius 1 is 1.28 bits per heavy atom. The van der Waals surface area contributed by atoms with Crippen molar-refractivity contribution in [1.82, 2.24) is 4.90 Å². The monoisotopic (exact) mass is 350 g/mol. The number of nitrogens with one attached hydrogen (secondary N) is 1. The molecule has 0 spiro atoms. The largest absolute Gasteiger partial charge is 0.444 e. The molecule has 6 heteroatoms. The van der Waals surface area contributed by atoms with Crippen LogP contribution in [0.25, 0.3) is 0 Å². The quantitative estimate of drug-likeness (QED) is 0.892. The average Bonchev–Trinajstić information content (AvgIpc) is 2.50. The Kier molecular flexibility index (Phi) is 6.03. The number of halogens is 1. The Balaban J connectivity index is 1.80. The maximum absolute atomic E-state index is 13.7. The maximum Gasteiger partial charge on any atom is 0.410 e. The number of ether oxygens (including phenoxy) is 1. The van der Waals surface area contributed by atoms with Crippen LogP contribution in [0.15, 0.2) is 18.2 Å². The number of carbonyl (C=O) groups is 2. The van der Waals surface area contributed by atoms with Gasteiger partial charge in [0.05, 0.1) is 5.69 Å². The van der Waals surface area contributed by atoms with Gasteiger partial charge in [0.15, 0.2) is 0 Å². The zero-order chi connectivity index (χ0) is 18.6. The molecule has 2 rings (SSSR count). The Bertz CT molecular complexity index is 632. The molecule has 0 saturated carbocycles. The zero-order valence-electron chi connectivity index (χ0n) is 15.4. The summed E-state index contributed by atoms with van der Waals surface area (Å²) in [6.45, 7) is 8.52. The van der Waals surface area contributed by atoms with E-state index in [0.717, 1.165) is 18.4 Å². The molecule has 25 heavy (non-hydrogen) atoms. The van der Waals surface area contributed by atoms with Crippen LogP contribution in [-0.2, 0) is 9.53 Å². The van der Waals surface area contributed by atoms with E-state index in [4.69, 9.17) is 4.74 Å². The fourth-order valence-electron chi connectivity index (χ4n) is 2.84. The SMILES string of the molecule is Cc1ccc(F)c(NC(=O)CC2CCN(C(=O)OC(C)(C)C)CC2)c1. The minimum Gasteiger partial charge on any atom is -0.444 e. The molecule has 1 saturated heterocycles. The normalized spacial score (nSPS) is 15.8. The lowest BCUT2D eigenvalue weighted by Crippen LogP contribution is -2.42. The van der Waals surface area contributed by atoms with Gasteiger partial charge in [-0.15, -0.1) is 0 Å². The molecule has 0 aromatic heterocycles. The molecule has 1 N–H and O–H groups in total. The summed E-state index contributed by atoms with van der Waals surface area (Å²) in [4.78, 5) is 25.9. The Hall–Kier alpha value is -2.11. The Labute approximate surface area is 148 Å². The van der Waals surface area contributed by atoms with Gasteiger partial charge < -0.3 is 15.0 Å². The van der Waals surface area contributed by atoms with Crippen molar-refractivity contribution in [2.24, 2.45) is 5.92 Å². The van der Waals surface area contributed by atoms with Crippen LogP contribution in [0, 0.1) is 18.7 Å². The van der Waals surface area contributed by atoms with Crippen LogP contribution in [0.4, 0.5) is 14.9 Å². The van der Waals surface area contributed by atoms with Gasteiger partial charge in [-0.25, -0.2) is 9.18 Å². The van der Waals surface area contributed by atoms with Crippen molar-refractivity contribution in [3.8, 4) is 0 Å². The van der Waals surface area contributed by atoms with Crippen molar-refractivity contribution >= 4 is 17.7 Å². The summed E-state index contributed by atoms with van der Waals surface area (Å²) < 4.78 is 19.1. The molecule has 1 aliphatic heterocycles. The zero-order valence-corrected chi connectivity index (χ0v) is 15.4. The number of hydrogen-bond acceptors (Lipinski definition) is 3. The van der Waals surface area contributed by atoms with Crippen LogP contribution >= 0.6 is 0 Å². The van der Waals surface area contributed by atoms with E-state index in [1.807, 2.05) is 27.7 Å². The first-order valence-corrected chi connectivity index (χ1v) is 8.68. The summed E-state index contributed by atoms with van der Waals surface area (Å²) in [6.07, 6.45) is 1.50. The van der Waals surface area contributed by atoms with Crippen LogP contribution in [0.2, 0.25) is 0 Å². The molecule has 5 nitrogen and oxygen atoms in total. The number of aryl methyl sites for hydroxylation is 1. The molecule has 1 aromatic carbocycles. The highest BCUT2D eigenvalue weighted by atomic mass is 19.1. The molecule has 0 radical (unpaired) electrons. The van der Waals surface area contributed by atoms with Crippen molar-refractivity contribution in [2.45, 2.75) is 52.6 Å². The summed E-state index contributed by atoms with van der Waals surface area (Å²) in [5.41, 5.74) is 0.602. The molecule has 1 heterocycles. The number of benzene rings is 1. The van der Waals surface area contributed by atoms with Crippen molar-refractivity contribution in [2.75, 3.05) is 18.4 Å². The molecule has 138 valence electrons. The summed E-state index contributed by atoms with van der Waals surface area (Å²) in [5, 5.41) is 2.64. The van der Waals surface area contributed by atoms with E-state index in [1.165, 1.54) is 6.07 Å². The second-order valence-electron chi connectivity index (χ2n) is 7.65. The highest BCUT2D eigenvalue weighted by Gasteiger charge is 2.27. The molecule has 0 bridgehead atoms. The maximum atomic E-state index is 13.7. The lowest BCUT2D eigenvalue weighted by Gasteiger charge is -2.33. The van der Waals surface area contributed by atoms with Crippen molar-refractivity contribution in [3.05, 3.63) is 29.6 Å². The molecule has 0 atom stereocenters. The highest BCUT2D eigenvalue weighted by Crippen LogP contribution is 2.23. The third kappa shape index (κ3) is 6.03. The first-order valence-electron chi connectivity index (χ1n) is 8.68. The fourth-order valence-corrected chi connectivity index (χ4v) is 2.84. The average molecular weight is 350 g/mol. The predicted octanol–water partition coefficient (Wildman–Crippen LogP) is 4.11. The molecule has 2 amide bonds. The van der Waals surface area contributed by atoms with E-state index in [0.29, 0.717) is 19.5 Å². The third-order valence-electron chi connectivity index (χ3n) is 4.14.